The van der Waals surface area contributed by atoms with Gasteiger partial charge in [-0.3, -0.25) is 10.1 Å². The van der Waals surface area contributed by atoms with E-state index < -0.39 is 4.92 Å². The van der Waals surface area contributed by atoms with Gasteiger partial charge in [0.1, 0.15) is 11.8 Å². The fraction of sp³-hybridized carbons (Fsp3) is 0.750. The first-order valence-corrected chi connectivity index (χ1v) is 6.67. The van der Waals surface area contributed by atoms with Crippen LogP contribution in [0.25, 0.3) is 0 Å². The van der Waals surface area contributed by atoms with E-state index in [0.29, 0.717) is 12.2 Å². The van der Waals surface area contributed by atoms with E-state index in [-0.39, 0.29) is 23.7 Å². The Hall–Kier alpha value is -1.63. The summed E-state index contributed by atoms with van der Waals surface area (Å²) >= 11 is 0. The number of rotatable bonds is 4. The van der Waals surface area contributed by atoms with Crippen LogP contribution in [0.5, 0.6) is 5.88 Å². The van der Waals surface area contributed by atoms with Crippen molar-refractivity contribution in [3.8, 4) is 5.88 Å². The Labute approximate surface area is 111 Å². The quantitative estimate of drug-likeness (QED) is 0.663. The van der Waals surface area contributed by atoms with Crippen molar-refractivity contribution < 1.29 is 9.66 Å². The lowest BCUT2D eigenvalue weighted by Crippen LogP contribution is -2.34. The molecule has 0 aromatic carbocycles. The monoisotopic (exact) mass is 268 g/mol. The van der Waals surface area contributed by atoms with Crippen LogP contribution in [0.1, 0.15) is 38.3 Å². The second kappa shape index (κ2) is 5.56. The number of hydrogen-bond acceptors (Lipinski definition) is 5. The summed E-state index contributed by atoms with van der Waals surface area (Å²) in [4.78, 5) is 10.7. The van der Waals surface area contributed by atoms with Crippen LogP contribution in [-0.4, -0.2) is 26.8 Å². The highest BCUT2D eigenvalue weighted by Crippen LogP contribution is 2.33. The van der Waals surface area contributed by atoms with Crippen molar-refractivity contribution in [1.29, 1.82) is 0 Å². The number of ether oxygens (including phenoxy) is 1. The van der Waals surface area contributed by atoms with E-state index in [4.69, 9.17) is 10.5 Å². The van der Waals surface area contributed by atoms with Crippen LogP contribution in [0.15, 0.2) is 0 Å². The molecule has 106 valence electrons. The molecule has 0 aliphatic heterocycles. The highest BCUT2D eigenvalue weighted by atomic mass is 16.6. The van der Waals surface area contributed by atoms with Crippen molar-refractivity contribution in [2.45, 2.75) is 58.2 Å². The molecule has 2 rings (SSSR count). The zero-order valence-corrected chi connectivity index (χ0v) is 11.3. The molecule has 0 radical (unpaired) electrons. The van der Waals surface area contributed by atoms with Gasteiger partial charge in [0, 0.05) is 12.6 Å². The fourth-order valence-corrected chi connectivity index (χ4v) is 2.54. The third kappa shape index (κ3) is 2.86. The molecule has 2 atom stereocenters. The first-order valence-electron chi connectivity index (χ1n) is 6.67. The lowest BCUT2D eigenvalue weighted by molar-refractivity contribution is -0.386. The first-order chi connectivity index (χ1) is 9.02. The van der Waals surface area contributed by atoms with E-state index in [1.807, 2.05) is 6.92 Å². The summed E-state index contributed by atoms with van der Waals surface area (Å²) in [6.07, 6.45) is 3.57. The Morgan fingerprint density at radius 2 is 2.32 bits per heavy atom. The highest BCUT2D eigenvalue weighted by molar-refractivity contribution is 5.45. The average Bonchev–Trinajstić information content (AvgIpc) is 2.65. The summed E-state index contributed by atoms with van der Waals surface area (Å²) in [5.74, 6) is 0.268. The third-order valence-electron chi connectivity index (χ3n) is 3.48. The van der Waals surface area contributed by atoms with Gasteiger partial charge in [0.05, 0.1) is 4.92 Å². The van der Waals surface area contributed by atoms with Gasteiger partial charge in [-0.2, -0.15) is 5.10 Å². The number of nitrogens with two attached hydrogens (primary N) is 1. The van der Waals surface area contributed by atoms with E-state index in [1.54, 1.807) is 11.6 Å². The summed E-state index contributed by atoms with van der Waals surface area (Å²) in [5, 5.41) is 15.3. The standard InChI is InChI=1S/C12H20N4O3/c1-3-15-12(11(16(17)18)8(2)14-15)19-10-6-4-5-9(13)7-10/h9-10H,3-7,13H2,1-2H3. The second-order valence-corrected chi connectivity index (χ2v) is 4.98. The molecule has 0 saturated heterocycles. The molecule has 7 heteroatoms. The molecule has 1 fully saturated rings. The van der Waals surface area contributed by atoms with E-state index in [2.05, 4.69) is 5.10 Å². The molecule has 0 amide bonds. The minimum Gasteiger partial charge on any atom is -0.470 e. The molecule has 1 aliphatic rings. The van der Waals surface area contributed by atoms with Crippen molar-refractivity contribution in [2.24, 2.45) is 5.73 Å². The van der Waals surface area contributed by atoms with Crippen LogP contribution in [0.4, 0.5) is 5.69 Å². The predicted octanol–water partition coefficient (Wildman–Crippen LogP) is 1.77. The van der Waals surface area contributed by atoms with Crippen molar-refractivity contribution >= 4 is 5.69 Å². The molecule has 2 N–H and O–H groups in total. The molecular formula is C12H20N4O3. The van der Waals surface area contributed by atoms with Gasteiger partial charge in [-0.1, -0.05) is 0 Å². The third-order valence-corrected chi connectivity index (χ3v) is 3.48. The normalized spacial score (nSPS) is 23.3. The van der Waals surface area contributed by atoms with Crippen LogP contribution >= 0.6 is 0 Å². The smallest absolute Gasteiger partial charge is 0.353 e. The van der Waals surface area contributed by atoms with E-state index in [9.17, 15) is 10.1 Å². The molecule has 1 saturated carbocycles. The van der Waals surface area contributed by atoms with E-state index in [1.165, 1.54) is 0 Å². The second-order valence-electron chi connectivity index (χ2n) is 4.98. The largest absolute Gasteiger partial charge is 0.470 e. The van der Waals surface area contributed by atoms with Crippen LogP contribution in [0, 0.1) is 17.0 Å². The fourth-order valence-electron chi connectivity index (χ4n) is 2.54. The molecule has 2 unspecified atom stereocenters. The lowest BCUT2D eigenvalue weighted by Gasteiger charge is -2.26. The van der Waals surface area contributed by atoms with Gasteiger partial charge >= 0.3 is 5.69 Å². The van der Waals surface area contributed by atoms with Crippen LogP contribution in [0.3, 0.4) is 0 Å². The molecule has 0 spiro atoms. The predicted molar refractivity (Wildman–Crippen MR) is 70.2 cm³/mol. The molecule has 1 aromatic rings. The van der Waals surface area contributed by atoms with Crippen molar-refractivity contribution in [3.05, 3.63) is 15.8 Å². The Kier molecular flexibility index (Phi) is 4.04. The van der Waals surface area contributed by atoms with Gasteiger partial charge in [0.25, 0.3) is 5.88 Å². The maximum Gasteiger partial charge on any atom is 0.353 e. The number of nitro groups is 1. The Balaban J connectivity index is 2.25. The zero-order valence-electron chi connectivity index (χ0n) is 11.3. The minimum absolute atomic E-state index is 0.0269. The summed E-state index contributed by atoms with van der Waals surface area (Å²) in [6.45, 7) is 4.06. The molecule has 1 aromatic heterocycles. The number of aromatic nitrogens is 2. The maximum atomic E-state index is 11.1. The summed E-state index contributed by atoms with van der Waals surface area (Å²) in [5.41, 5.74) is 6.28. The van der Waals surface area contributed by atoms with Crippen molar-refractivity contribution in [1.82, 2.24) is 9.78 Å². The molecule has 7 nitrogen and oxygen atoms in total. The zero-order chi connectivity index (χ0) is 14.0. The Bertz CT molecular complexity index is 472. The highest BCUT2D eigenvalue weighted by Gasteiger charge is 2.30. The van der Waals surface area contributed by atoms with Gasteiger partial charge in [-0.15, -0.1) is 0 Å². The first kappa shape index (κ1) is 13.8. The van der Waals surface area contributed by atoms with Crippen LogP contribution in [0.2, 0.25) is 0 Å². The molecule has 0 bridgehead atoms. The van der Waals surface area contributed by atoms with Crippen molar-refractivity contribution in [3.63, 3.8) is 0 Å². The Morgan fingerprint density at radius 1 is 1.58 bits per heavy atom. The molecule has 1 aliphatic carbocycles. The maximum absolute atomic E-state index is 11.1. The molecule has 1 heterocycles. The van der Waals surface area contributed by atoms with Crippen LogP contribution in [-0.2, 0) is 6.54 Å². The number of hydrogen-bond donors (Lipinski definition) is 1. The van der Waals surface area contributed by atoms with Gasteiger partial charge in [0.15, 0.2) is 0 Å². The van der Waals surface area contributed by atoms with Crippen LogP contribution < -0.4 is 10.5 Å². The topological polar surface area (TPSA) is 96.2 Å². The summed E-state index contributed by atoms with van der Waals surface area (Å²) in [7, 11) is 0. The van der Waals surface area contributed by atoms with Crippen molar-refractivity contribution in [2.75, 3.05) is 0 Å². The van der Waals surface area contributed by atoms with Gasteiger partial charge in [0.2, 0.25) is 0 Å². The minimum atomic E-state index is -0.424. The Morgan fingerprint density at radius 3 is 2.89 bits per heavy atom. The average molecular weight is 268 g/mol. The number of nitrogens with zero attached hydrogens (tertiary/aromatic N) is 3. The van der Waals surface area contributed by atoms with E-state index >= 15 is 0 Å². The van der Waals surface area contributed by atoms with Gasteiger partial charge < -0.3 is 10.5 Å². The molecule has 19 heavy (non-hydrogen) atoms. The lowest BCUT2D eigenvalue weighted by atomic mass is 9.94. The van der Waals surface area contributed by atoms with E-state index in [0.717, 1.165) is 25.7 Å². The number of aryl methyl sites for hydroxylation is 2. The van der Waals surface area contributed by atoms with Gasteiger partial charge in [-0.05, 0) is 39.5 Å². The molecular weight excluding hydrogens is 248 g/mol. The SMILES string of the molecule is CCn1nc(C)c([N+](=O)[O-])c1OC1CCCC(N)C1. The summed E-state index contributed by atoms with van der Waals surface area (Å²) < 4.78 is 7.39. The summed E-state index contributed by atoms with van der Waals surface area (Å²) in [6, 6.07) is 0.122. The van der Waals surface area contributed by atoms with Gasteiger partial charge in [-0.25, -0.2) is 4.68 Å².